The zero-order valence-electron chi connectivity index (χ0n) is 11.3. The molecule has 0 bridgehead atoms. The molecule has 2 aliphatic heterocycles. The van der Waals surface area contributed by atoms with Gasteiger partial charge in [-0.1, -0.05) is 0 Å². The maximum absolute atomic E-state index is 12.2. The molecule has 1 aromatic heterocycles. The molecule has 1 aromatic rings. The number of hydrogen-bond donors (Lipinski definition) is 0. The normalized spacial score (nSPS) is 27.1. The van der Waals surface area contributed by atoms with Gasteiger partial charge in [-0.15, -0.1) is 0 Å². The largest absolute Gasteiger partial charge is 0.334 e. The zero-order valence-corrected chi connectivity index (χ0v) is 12.1. The summed E-state index contributed by atoms with van der Waals surface area (Å²) in [5.74, 6) is 0.0326. The van der Waals surface area contributed by atoms with Gasteiger partial charge in [0.1, 0.15) is 0 Å². The third-order valence-corrected chi connectivity index (χ3v) is 5.40. The Hall–Kier alpha value is -1.47. The Morgan fingerprint density at radius 3 is 2.65 bits per heavy atom. The SMILES string of the molecule is CS(=O)(=O)N1CC[C@H]2[C@H]1CC(=O)N2Cc1ccncc1. The lowest BCUT2D eigenvalue weighted by Gasteiger charge is -2.24. The van der Waals surface area contributed by atoms with Gasteiger partial charge in [-0.3, -0.25) is 9.78 Å². The molecule has 0 spiro atoms. The first-order chi connectivity index (χ1) is 9.47. The molecule has 20 heavy (non-hydrogen) atoms. The van der Waals surface area contributed by atoms with Gasteiger partial charge in [0.2, 0.25) is 15.9 Å². The fourth-order valence-corrected chi connectivity index (χ4v) is 4.34. The Bertz CT molecular complexity index is 617. The van der Waals surface area contributed by atoms with Crippen molar-refractivity contribution in [1.82, 2.24) is 14.2 Å². The van der Waals surface area contributed by atoms with E-state index in [4.69, 9.17) is 0 Å². The first-order valence-corrected chi connectivity index (χ1v) is 8.47. The minimum absolute atomic E-state index is 0.00499. The number of carbonyl (C=O) groups is 1. The standard InChI is InChI=1S/C13H17N3O3S/c1-20(18,19)16-7-4-11-12(16)8-13(17)15(11)9-10-2-5-14-6-3-10/h2-3,5-6,11-12H,4,7-9H2,1H3/t11-,12+/m0/s1. The van der Waals surface area contributed by atoms with E-state index < -0.39 is 10.0 Å². The van der Waals surface area contributed by atoms with Crippen LogP contribution < -0.4 is 0 Å². The number of fused-ring (bicyclic) bond motifs is 1. The van der Waals surface area contributed by atoms with E-state index in [1.54, 1.807) is 12.4 Å². The van der Waals surface area contributed by atoms with Crippen molar-refractivity contribution < 1.29 is 13.2 Å². The smallest absolute Gasteiger partial charge is 0.224 e. The first-order valence-electron chi connectivity index (χ1n) is 6.62. The van der Waals surface area contributed by atoms with E-state index in [0.717, 1.165) is 5.56 Å². The van der Waals surface area contributed by atoms with Crippen molar-refractivity contribution >= 4 is 15.9 Å². The second-order valence-electron chi connectivity index (χ2n) is 5.38. The van der Waals surface area contributed by atoms with E-state index in [0.29, 0.717) is 25.9 Å². The fourth-order valence-electron chi connectivity index (χ4n) is 3.19. The molecule has 0 aliphatic carbocycles. The summed E-state index contributed by atoms with van der Waals surface area (Å²) in [5, 5.41) is 0. The first kappa shape index (κ1) is 13.5. The van der Waals surface area contributed by atoms with Crippen molar-refractivity contribution in [3.63, 3.8) is 0 Å². The topological polar surface area (TPSA) is 70.6 Å². The van der Waals surface area contributed by atoms with Crippen LogP contribution in [0.4, 0.5) is 0 Å². The Balaban J connectivity index is 1.80. The molecule has 7 heteroatoms. The highest BCUT2D eigenvalue weighted by Crippen LogP contribution is 2.34. The molecule has 0 aromatic carbocycles. The minimum Gasteiger partial charge on any atom is -0.334 e. The van der Waals surface area contributed by atoms with Crippen LogP contribution in [0.3, 0.4) is 0 Å². The zero-order chi connectivity index (χ0) is 14.3. The molecule has 2 atom stereocenters. The molecule has 3 rings (SSSR count). The van der Waals surface area contributed by atoms with Crippen LogP contribution in [0.25, 0.3) is 0 Å². The monoisotopic (exact) mass is 295 g/mol. The van der Waals surface area contributed by atoms with Gasteiger partial charge < -0.3 is 4.90 Å². The summed E-state index contributed by atoms with van der Waals surface area (Å²) in [6.07, 6.45) is 5.62. The van der Waals surface area contributed by atoms with Crippen molar-refractivity contribution in [2.45, 2.75) is 31.5 Å². The van der Waals surface area contributed by atoms with Gasteiger partial charge in [0.15, 0.2) is 0 Å². The Morgan fingerprint density at radius 1 is 1.30 bits per heavy atom. The predicted octanol–water partition coefficient (Wildman–Crippen LogP) is 0.216. The highest BCUT2D eigenvalue weighted by molar-refractivity contribution is 7.88. The molecule has 0 N–H and O–H groups in total. The van der Waals surface area contributed by atoms with E-state index in [1.807, 2.05) is 17.0 Å². The molecule has 2 fully saturated rings. The van der Waals surface area contributed by atoms with Gasteiger partial charge in [0, 0.05) is 31.9 Å². The molecule has 1 amide bonds. The van der Waals surface area contributed by atoms with Crippen LogP contribution in [0.1, 0.15) is 18.4 Å². The Morgan fingerprint density at radius 2 is 2.00 bits per heavy atom. The van der Waals surface area contributed by atoms with Crippen molar-refractivity contribution in [2.24, 2.45) is 0 Å². The van der Waals surface area contributed by atoms with Gasteiger partial charge in [0.05, 0.1) is 18.3 Å². The molecule has 3 heterocycles. The average molecular weight is 295 g/mol. The molecular weight excluding hydrogens is 278 g/mol. The van der Waals surface area contributed by atoms with Gasteiger partial charge in [-0.05, 0) is 24.1 Å². The minimum atomic E-state index is -3.23. The Labute approximate surface area is 118 Å². The number of hydrogen-bond acceptors (Lipinski definition) is 4. The second-order valence-corrected chi connectivity index (χ2v) is 7.31. The van der Waals surface area contributed by atoms with E-state index in [-0.39, 0.29) is 18.0 Å². The lowest BCUT2D eigenvalue weighted by atomic mass is 10.1. The molecular formula is C13H17N3O3S. The summed E-state index contributed by atoms with van der Waals surface area (Å²) < 4.78 is 24.9. The summed E-state index contributed by atoms with van der Waals surface area (Å²) in [6, 6.07) is 3.57. The van der Waals surface area contributed by atoms with Crippen LogP contribution in [0, 0.1) is 0 Å². The summed E-state index contributed by atoms with van der Waals surface area (Å²) in [5.41, 5.74) is 1.02. The number of pyridine rings is 1. The van der Waals surface area contributed by atoms with E-state index >= 15 is 0 Å². The van der Waals surface area contributed by atoms with E-state index in [1.165, 1.54) is 10.6 Å². The second kappa shape index (κ2) is 4.82. The number of nitrogens with zero attached hydrogens (tertiary/aromatic N) is 3. The van der Waals surface area contributed by atoms with Gasteiger partial charge in [0.25, 0.3) is 0 Å². The number of likely N-dealkylation sites (tertiary alicyclic amines) is 1. The van der Waals surface area contributed by atoms with Crippen molar-refractivity contribution in [1.29, 1.82) is 0 Å². The molecule has 0 unspecified atom stereocenters. The number of rotatable bonds is 3. The van der Waals surface area contributed by atoms with Gasteiger partial charge >= 0.3 is 0 Å². The quantitative estimate of drug-likeness (QED) is 0.799. The molecule has 6 nitrogen and oxygen atoms in total. The molecule has 2 saturated heterocycles. The van der Waals surface area contributed by atoms with Crippen LogP contribution in [-0.2, 0) is 21.4 Å². The fraction of sp³-hybridized carbons (Fsp3) is 0.538. The average Bonchev–Trinajstić information content (AvgIpc) is 2.91. The third kappa shape index (κ3) is 2.31. The van der Waals surface area contributed by atoms with Crippen LogP contribution in [-0.4, -0.2) is 53.4 Å². The summed E-state index contributed by atoms with van der Waals surface area (Å²) in [4.78, 5) is 17.9. The maximum Gasteiger partial charge on any atom is 0.224 e. The highest BCUT2D eigenvalue weighted by Gasteiger charge is 2.49. The summed E-state index contributed by atoms with van der Waals surface area (Å²) in [7, 11) is -3.23. The third-order valence-electron chi connectivity index (χ3n) is 4.09. The highest BCUT2D eigenvalue weighted by atomic mass is 32.2. The van der Waals surface area contributed by atoms with Crippen LogP contribution in [0.5, 0.6) is 0 Å². The lowest BCUT2D eigenvalue weighted by Crippen LogP contribution is -2.39. The predicted molar refractivity (Wildman–Crippen MR) is 73.1 cm³/mol. The lowest BCUT2D eigenvalue weighted by molar-refractivity contribution is -0.129. The van der Waals surface area contributed by atoms with Crippen LogP contribution in [0.15, 0.2) is 24.5 Å². The molecule has 108 valence electrons. The molecule has 0 radical (unpaired) electrons. The van der Waals surface area contributed by atoms with Crippen LogP contribution in [0.2, 0.25) is 0 Å². The Kier molecular flexibility index (Phi) is 3.25. The summed E-state index contributed by atoms with van der Waals surface area (Å²) >= 11 is 0. The van der Waals surface area contributed by atoms with Crippen molar-refractivity contribution in [2.75, 3.05) is 12.8 Å². The number of aromatic nitrogens is 1. The van der Waals surface area contributed by atoms with E-state index in [9.17, 15) is 13.2 Å². The van der Waals surface area contributed by atoms with Gasteiger partial charge in [-0.2, -0.15) is 4.31 Å². The number of carbonyl (C=O) groups excluding carboxylic acids is 1. The number of amides is 1. The van der Waals surface area contributed by atoms with Crippen molar-refractivity contribution in [3.05, 3.63) is 30.1 Å². The molecule has 2 aliphatic rings. The van der Waals surface area contributed by atoms with Crippen LogP contribution >= 0.6 is 0 Å². The van der Waals surface area contributed by atoms with Crippen molar-refractivity contribution in [3.8, 4) is 0 Å². The summed E-state index contributed by atoms with van der Waals surface area (Å²) in [6.45, 7) is 1.04. The maximum atomic E-state index is 12.2. The molecule has 0 saturated carbocycles. The number of sulfonamides is 1. The van der Waals surface area contributed by atoms with E-state index in [2.05, 4.69) is 4.98 Å². The van der Waals surface area contributed by atoms with Gasteiger partial charge in [-0.25, -0.2) is 8.42 Å².